The van der Waals surface area contributed by atoms with Gasteiger partial charge < -0.3 is 4.57 Å². The molecule has 0 atom stereocenters. The Labute approximate surface area is 343 Å². The van der Waals surface area contributed by atoms with Gasteiger partial charge in [-0.05, 0) is 81.6 Å². The van der Waals surface area contributed by atoms with Gasteiger partial charge in [0.1, 0.15) is 0 Å². The van der Waals surface area contributed by atoms with Gasteiger partial charge in [0.15, 0.2) is 17.5 Å². The predicted molar refractivity (Wildman–Crippen MR) is 246 cm³/mol. The molecule has 0 N–H and O–H groups in total. The molecule has 0 aliphatic rings. The summed E-state index contributed by atoms with van der Waals surface area (Å²) in [7, 11) is 0. The van der Waals surface area contributed by atoms with Crippen molar-refractivity contribution in [3.8, 4) is 51.0 Å². The molecule has 0 saturated heterocycles. The summed E-state index contributed by atoms with van der Waals surface area (Å²) in [5, 5.41) is 5.02. The molecule has 10 rings (SSSR count). The van der Waals surface area contributed by atoms with Crippen LogP contribution >= 0.6 is 11.3 Å². The lowest BCUT2D eigenvalue weighted by Gasteiger charge is -2.19. The van der Waals surface area contributed by atoms with E-state index in [0.29, 0.717) is 17.5 Å². The van der Waals surface area contributed by atoms with Crippen molar-refractivity contribution in [1.29, 1.82) is 0 Å². The van der Waals surface area contributed by atoms with Crippen molar-refractivity contribution >= 4 is 53.3 Å². The van der Waals surface area contributed by atoms with E-state index in [2.05, 4.69) is 167 Å². The Hall–Kier alpha value is -6.43. The summed E-state index contributed by atoms with van der Waals surface area (Å²) >= 11 is 1.84. The third kappa shape index (κ3) is 6.18. The van der Waals surface area contributed by atoms with Crippen LogP contribution in [0, 0.1) is 0 Å². The van der Waals surface area contributed by atoms with Gasteiger partial charge in [-0.2, -0.15) is 0 Å². The summed E-state index contributed by atoms with van der Waals surface area (Å²) in [6.45, 7) is 13.7. The maximum atomic E-state index is 5.33. The zero-order valence-electron chi connectivity index (χ0n) is 33.7. The average molecular weight is 769 g/mol. The van der Waals surface area contributed by atoms with E-state index in [1.54, 1.807) is 0 Å². The van der Waals surface area contributed by atoms with Gasteiger partial charge >= 0.3 is 0 Å². The van der Waals surface area contributed by atoms with Crippen LogP contribution in [0.25, 0.3) is 93.0 Å². The van der Waals surface area contributed by atoms with Crippen LogP contribution in [0.4, 0.5) is 0 Å². The molecule has 0 bridgehead atoms. The van der Waals surface area contributed by atoms with Crippen LogP contribution in [0.5, 0.6) is 0 Å². The van der Waals surface area contributed by atoms with Crippen LogP contribution in [0.2, 0.25) is 0 Å². The first-order valence-electron chi connectivity index (χ1n) is 20.0. The minimum absolute atomic E-state index is 0.00351. The van der Waals surface area contributed by atoms with E-state index < -0.39 is 0 Å². The second-order valence-electron chi connectivity index (χ2n) is 17.3. The Kier molecular flexibility index (Phi) is 8.43. The number of aromatic nitrogens is 4. The molecule has 10 aromatic rings. The SMILES string of the molecule is CC(C)(C)c1ccc2c(c1)c1cc(C(C)(C)C)ccc1n2-c1ccc(-c2cccc3sc4ccccc4c23)cc1-c1nc(-c2ccccc2)nc(-c2ccccc2)n1. The molecular formula is C53H44N4S. The van der Waals surface area contributed by atoms with Gasteiger partial charge in [0.05, 0.1) is 16.7 Å². The summed E-state index contributed by atoms with van der Waals surface area (Å²) in [5.74, 6) is 1.90. The number of thiophene rings is 1. The second kappa shape index (κ2) is 13.6. The molecule has 58 heavy (non-hydrogen) atoms. The van der Waals surface area contributed by atoms with E-state index in [4.69, 9.17) is 15.0 Å². The van der Waals surface area contributed by atoms with Gasteiger partial charge in [0.2, 0.25) is 0 Å². The van der Waals surface area contributed by atoms with Crippen molar-refractivity contribution in [1.82, 2.24) is 19.5 Å². The van der Waals surface area contributed by atoms with E-state index in [1.807, 2.05) is 47.7 Å². The van der Waals surface area contributed by atoms with Crippen LogP contribution in [0.3, 0.4) is 0 Å². The summed E-state index contributed by atoms with van der Waals surface area (Å²) < 4.78 is 4.99. The van der Waals surface area contributed by atoms with Crippen LogP contribution in [0.1, 0.15) is 52.7 Å². The molecule has 7 aromatic carbocycles. The summed E-state index contributed by atoms with van der Waals surface area (Å²) in [6.07, 6.45) is 0. The number of nitrogens with zero attached hydrogens (tertiary/aromatic N) is 4. The molecule has 0 unspecified atom stereocenters. The van der Waals surface area contributed by atoms with E-state index in [-0.39, 0.29) is 10.8 Å². The Bertz CT molecular complexity index is 3050. The van der Waals surface area contributed by atoms with Crippen LogP contribution in [0.15, 0.2) is 158 Å². The highest BCUT2D eigenvalue weighted by molar-refractivity contribution is 7.25. The van der Waals surface area contributed by atoms with Crippen LogP contribution in [-0.4, -0.2) is 19.5 Å². The Morgan fingerprint density at radius 1 is 0.414 bits per heavy atom. The molecule has 0 fully saturated rings. The molecule has 0 aliphatic carbocycles. The van der Waals surface area contributed by atoms with Crippen LogP contribution < -0.4 is 0 Å². The molecule has 3 aromatic heterocycles. The largest absolute Gasteiger partial charge is 0.309 e. The van der Waals surface area contributed by atoms with E-state index in [1.165, 1.54) is 47.6 Å². The molecule has 5 heteroatoms. The van der Waals surface area contributed by atoms with E-state index in [9.17, 15) is 0 Å². The Morgan fingerprint density at radius 2 is 0.948 bits per heavy atom. The summed E-state index contributed by atoms with van der Waals surface area (Å²) in [4.78, 5) is 15.7. The molecule has 0 amide bonds. The van der Waals surface area contributed by atoms with Gasteiger partial charge in [0.25, 0.3) is 0 Å². The van der Waals surface area contributed by atoms with Crippen LogP contribution in [-0.2, 0) is 10.8 Å². The summed E-state index contributed by atoms with van der Waals surface area (Å²) in [6, 6.07) is 56.7. The molecule has 0 saturated carbocycles. The van der Waals surface area contributed by atoms with Gasteiger partial charge in [0, 0.05) is 47.6 Å². The van der Waals surface area contributed by atoms with Crippen molar-refractivity contribution in [2.24, 2.45) is 0 Å². The fourth-order valence-corrected chi connectivity index (χ4v) is 9.37. The molecule has 4 nitrogen and oxygen atoms in total. The van der Waals surface area contributed by atoms with E-state index >= 15 is 0 Å². The number of rotatable bonds is 5. The van der Waals surface area contributed by atoms with Gasteiger partial charge in [-0.25, -0.2) is 15.0 Å². The molecule has 0 spiro atoms. The van der Waals surface area contributed by atoms with Crippen molar-refractivity contribution in [2.75, 3.05) is 0 Å². The number of hydrogen-bond acceptors (Lipinski definition) is 4. The number of benzene rings is 7. The van der Waals surface area contributed by atoms with Crippen molar-refractivity contribution in [3.63, 3.8) is 0 Å². The normalized spacial score (nSPS) is 12.3. The molecular weight excluding hydrogens is 725 g/mol. The molecule has 0 radical (unpaired) electrons. The lowest BCUT2D eigenvalue weighted by atomic mass is 9.85. The highest BCUT2D eigenvalue weighted by Crippen LogP contribution is 2.44. The van der Waals surface area contributed by atoms with Gasteiger partial charge in [-0.1, -0.05) is 151 Å². The first-order valence-corrected chi connectivity index (χ1v) is 20.8. The lowest BCUT2D eigenvalue weighted by Crippen LogP contribution is -2.10. The maximum Gasteiger partial charge on any atom is 0.166 e. The van der Waals surface area contributed by atoms with Gasteiger partial charge in [-0.3, -0.25) is 0 Å². The fourth-order valence-electron chi connectivity index (χ4n) is 8.24. The molecule has 282 valence electrons. The third-order valence-electron chi connectivity index (χ3n) is 11.4. The highest BCUT2D eigenvalue weighted by atomic mass is 32.1. The first-order chi connectivity index (χ1) is 28.0. The number of hydrogen-bond donors (Lipinski definition) is 0. The molecule has 0 aliphatic heterocycles. The first kappa shape index (κ1) is 35.9. The van der Waals surface area contributed by atoms with Crippen molar-refractivity contribution < 1.29 is 0 Å². The number of fused-ring (bicyclic) bond motifs is 6. The van der Waals surface area contributed by atoms with Crippen molar-refractivity contribution in [2.45, 2.75) is 52.4 Å². The lowest BCUT2D eigenvalue weighted by molar-refractivity contribution is 0.590. The monoisotopic (exact) mass is 768 g/mol. The molecule has 3 heterocycles. The van der Waals surface area contributed by atoms with E-state index in [0.717, 1.165) is 39.0 Å². The smallest absolute Gasteiger partial charge is 0.166 e. The zero-order valence-corrected chi connectivity index (χ0v) is 34.5. The minimum Gasteiger partial charge on any atom is -0.309 e. The quantitative estimate of drug-likeness (QED) is 0.175. The van der Waals surface area contributed by atoms with Crippen molar-refractivity contribution in [3.05, 3.63) is 169 Å². The predicted octanol–water partition coefficient (Wildman–Crippen LogP) is 14.6. The minimum atomic E-state index is -0.00351. The summed E-state index contributed by atoms with van der Waals surface area (Å²) in [5.41, 5.74) is 11.0. The standard InChI is InChI=1S/C53H44N4S/c1-52(2,3)36-25-28-43-40(31-36)41-32-37(53(4,5)6)26-29-44(41)57(43)45-27-24-35(38-21-15-23-47-48(38)39-20-13-14-22-46(39)58-47)30-42(45)51-55-49(33-16-9-7-10-17-33)54-50(56-51)34-18-11-8-12-19-34/h7-32H,1-6H3. The highest BCUT2D eigenvalue weighted by Gasteiger charge is 2.24. The Balaban J connectivity index is 1.31. The maximum absolute atomic E-state index is 5.33. The third-order valence-corrected chi connectivity index (χ3v) is 12.5. The Morgan fingerprint density at radius 3 is 1.53 bits per heavy atom. The fraction of sp³-hybridized carbons (Fsp3) is 0.151. The average Bonchev–Trinajstić information content (AvgIpc) is 3.78. The zero-order chi connectivity index (χ0) is 39.8. The topological polar surface area (TPSA) is 43.6 Å². The second-order valence-corrected chi connectivity index (χ2v) is 18.4. The van der Waals surface area contributed by atoms with Gasteiger partial charge in [-0.15, -0.1) is 11.3 Å².